The van der Waals surface area contributed by atoms with Crippen molar-refractivity contribution in [1.82, 2.24) is 0 Å². The van der Waals surface area contributed by atoms with Gasteiger partial charge in [-0.25, -0.2) is 4.99 Å². The van der Waals surface area contributed by atoms with Crippen LogP contribution < -0.4 is 4.74 Å². The fourth-order valence-corrected chi connectivity index (χ4v) is 1.76. The van der Waals surface area contributed by atoms with Crippen LogP contribution in [-0.4, -0.2) is 5.90 Å². The van der Waals surface area contributed by atoms with Crippen molar-refractivity contribution in [3.05, 3.63) is 65.7 Å². The molecule has 0 fully saturated rings. The number of para-hydroxylation sites is 1. The van der Waals surface area contributed by atoms with E-state index in [1.807, 2.05) is 54.6 Å². The third-order valence-corrected chi connectivity index (χ3v) is 2.59. The summed E-state index contributed by atoms with van der Waals surface area (Å²) < 4.78 is 5.77. The van der Waals surface area contributed by atoms with Gasteiger partial charge in [0.05, 0.1) is 6.54 Å². The highest BCUT2D eigenvalue weighted by Crippen LogP contribution is 2.24. The molecule has 2 aromatic rings. The molecule has 0 radical (unpaired) electrons. The third kappa shape index (κ3) is 1.58. The smallest absolute Gasteiger partial charge is 0.222 e. The minimum atomic E-state index is 0.695. The second-order valence-corrected chi connectivity index (χ2v) is 3.70. The Labute approximate surface area is 94.2 Å². The molecule has 1 aliphatic rings. The Balaban J connectivity index is 1.95. The Morgan fingerprint density at radius 1 is 0.875 bits per heavy atom. The topological polar surface area (TPSA) is 21.6 Å². The predicted molar refractivity (Wildman–Crippen MR) is 63.8 cm³/mol. The van der Waals surface area contributed by atoms with Crippen molar-refractivity contribution in [3.8, 4) is 5.75 Å². The normalized spacial score (nSPS) is 13.6. The van der Waals surface area contributed by atoms with Crippen LogP contribution in [0.2, 0.25) is 0 Å². The van der Waals surface area contributed by atoms with E-state index in [2.05, 4.69) is 4.99 Å². The Morgan fingerprint density at radius 2 is 1.62 bits per heavy atom. The number of aliphatic imine (C=N–C) groups is 1. The molecular weight excluding hydrogens is 198 g/mol. The summed E-state index contributed by atoms with van der Waals surface area (Å²) in [6.07, 6.45) is 0. The van der Waals surface area contributed by atoms with E-state index < -0.39 is 0 Å². The molecule has 0 spiro atoms. The zero-order valence-corrected chi connectivity index (χ0v) is 8.76. The predicted octanol–water partition coefficient (Wildman–Crippen LogP) is 3.03. The summed E-state index contributed by atoms with van der Waals surface area (Å²) in [7, 11) is 0. The van der Waals surface area contributed by atoms with Gasteiger partial charge in [-0.2, -0.15) is 0 Å². The molecule has 0 aliphatic carbocycles. The maximum Gasteiger partial charge on any atom is 0.222 e. The molecule has 0 atom stereocenters. The van der Waals surface area contributed by atoms with Gasteiger partial charge in [-0.15, -0.1) is 0 Å². The van der Waals surface area contributed by atoms with Crippen molar-refractivity contribution in [3.63, 3.8) is 0 Å². The van der Waals surface area contributed by atoms with Gasteiger partial charge in [0.1, 0.15) is 5.75 Å². The van der Waals surface area contributed by atoms with E-state index in [0.717, 1.165) is 16.9 Å². The number of hydrogen-bond donors (Lipinski definition) is 0. The van der Waals surface area contributed by atoms with Crippen LogP contribution in [0.3, 0.4) is 0 Å². The minimum Gasteiger partial charge on any atom is -0.438 e. The van der Waals surface area contributed by atoms with Crippen molar-refractivity contribution in [2.45, 2.75) is 6.54 Å². The van der Waals surface area contributed by atoms with Crippen LogP contribution in [0, 0.1) is 0 Å². The van der Waals surface area contributed by atoms with E-state index in [1.54, 1.807) is 0 Å². The van der Waals surface area contributed by atoms with Crippen LogP contribution in [0.15, 0.2) is 59.6 Å². The Morgan fingerprint density at radius 3 is 2.50 bits per heavy atom. The lowest BCUT2D eigenvalue weighted by atomic mass is 10.1. The summed E-state index contributed by atoms with van der Waals surface area (Å²) in [4.78, 5) is 4.44. The monoisotopic (exact) mass is 209 g/mol. The van der Waals surface area contributed by atoms with Crippen LogP contribution in [-0.2, 0) is 6.54 Å². The maximum atomic E-state index is 5.77. The quantitative estimate of drug-likeness (QED) is 0.707. The SMILES string of the molecule is c1ccc(C2=NCc3ccccc3O2)cc1. The second kappa shape index (κ2) is 3.81. The van der Waals surface area contributed by atoms with Gasteiger partial charge in [-0.1, -0.05) is 36.4 Å². The van der Waals surface area contributed by atoms with Crippen molar-refractivity contribution < 1.29 is 4.74 Å². The number of benzene rings is 2. The van der Waals surface area contributed by atoms with Gasteiger partial charge >= 0.3 is 0 Å². The third-order valence-electron chi connectivity index (χ3n) is 2.59. The van der Waals surface area contributed by atoms with Gasteiger partial charge in [-0.3, -0.25) is 0 Å². The lowest BCUT2D eigenvalue weighted by Gasteiger charge is -2.16. The average Bonchev–Trinajstić information content (AvgIpc) is 2.39. The fraction of sp³-hybridized carbons (Fsp3) is 0.0714. The molecule has 2 aromatic carbocycles. The first kappa shape index (κ1) is 9.16. The molecule has 2 heteroatoms. The molecule has 0 unspecified atom stereocenters. The molecule has 1 aliphatic heterocycles. The van der Waals surface area contributed by atoms with Crippen LogP contribution in [0.5, 0.6) is 5.75 Å². The molecule has 0 aromatic heterocycles. The number of rotatable bonds is 1. The van der Waals surface area contributed by atoms with Crippen molar-refractivity contribution in [2.24, 2.45) is 4.99 Å². The number of hydrogen-bond acceptors (Lipinski definition) is 2. The first-order valence-corrected chi connectivity index (χ1v) is 5.29. The molecule has 3 rings (SSSR count). The summed E-state index contributed by atoms with van der Waals surface area (Å²) in [6, 6.07) is 18.0. The molecule has 0 N–H and O–H groups in total. The largest absolute Gasteiger partial charge is 0.438 e. The van der Waals surface area contributed by atoms with E-state index >= 15 is 0 Å². The number of fused-ring (bicyclic) bond motifs is 1. The zero-order chi connectivity index (χ0) is 10.8. The lowest BCUT2D eigenvalue weighted by Crippen LogP contribution is -2.15. The van der Waals surface area contributed by atoms with Crippen LogP contribution in [0.25, 0.3) is 0 Å². The highest BCUT2D eigenvalue weighted by molar-refractivity contribution is 5.96. The van der Waals surface area contributed by atoms with E-state index in [4.69, 9.17) is 4.74 Å². The fourth-order valence-electron chi connectivity index (χ4n) is 1.76. The summed E-state index contributed by atoms with van der Waals surface area (Å²) in [6.45, 7) is 0.695. The van der Waals surface area contributed by atoms with Crippen LogP contribution in [0.1, 0.15) is 11.1 Å². The second-order valence-electron chi connectivity index (χ2n) is 3.70. The molecule has 78 valence electrons. The molecule has 0 amide bonds. The number of ether oxygens (including phenoxy) is 1. The van der Waals surface area contributed by atoms with Gasteiger partial charge in [0.2, 0.25) is 5.90 Å². The van der Waals surface area contributed by atoms with E-state index in [-0.39, 0.29) is 0 Å². The molecular formula is C14H11NO. The van der Waals surface area contributed by atoms with Crippen molar-refractivity contribution >= 4 is 5.90 Å². The van der Waals surface area contributed by atoms with Crippen LogP contribution >= 0.6 is 0 Å². The minimum absolute atomic E-state index is 0.695. The average molecular weight is 209 g/mol. The molecule has 0 saturated carbocycles. The Kier molecular flexibility index (Phi) is 2.18. The standard InChI is InChI=1S/C14H11NO/c1-2-6-11(7-3-1)14-15-10-12-8-4-5-9-13(12)16-14/h1-9H,10H2. The Hall–Kier alpha value is -2.09. The first-order valence-electron chi connectivity index (χ1n) is 5.29. The highest BCUT2D eigenvalue weighted by atomic mass is 16.5. The van der Waals surface area contributed by atoms with E-state index in [9.17, 15) is 0 Å². The summed E-state index contributed by atoms with van der Waals surface area (Å²) in [5, 5.41) is 0. The summed E-state index contributed by atoms with van der Waals surface area (Å²) >= 11 is 0. The molecule has 0 saturated heterocycles. The van der Waals surface area contributed by atoms with Gasteiger partial charge in [0, 0.05) is 11.1 Å². The zero-order valence-electron chi connectivity index (χ0n) is 8.76. The van der Waals surface area contributed by atoms with Gasteiger partial charge in [0.15, 0.2) is 0 Å². The van der Waals surface area contributed by atoms with E-state index in [0.29, 0.717) is 12.4 Å². The first-order chi connectivity index (χ1) is 7.93. The molecule has 16 heavy (non-hydrogen) atoms. The summed E-state index contributed by atoms with van der Waals surface area (Å²) in [5.41, 5.74) is 2.17. The number of nitrogens with zero attached hydrogens (tertiary/aromatic N) is 1. The van der Waals surface area contributed by atoms with E-state index in [1.165, 1.54) is 0 Å². The lowest BCUT2D eigenvalue weighted by molar-refractivity contribution is 0.524. The Bertz CT molecular complexity index is 531. The van der Waals surface area contributed by atoms with Crippen LogP contribution in [0.4, 0.5) is 0 Å². The van der Waals surface area contributed by atoms with Crippen molar-refractivity contribution in [2.75, 3.05) is 0 Å². The molecule has 0 bridgehead atoms. The summed E-state index contributed by atoms with van der Waals surface area (Å²) in [5.74, 6) is 1.62. The van der Waals surface area contributed by atoms with Gasteiger partial charge in [0.25, 0.3) is 0 Å². The van der Waals surface area contributed by atoms with Gasteiger partial charge in [-0.05, 0) is 18.2 Å². The maximum absolute atomic E-state index is 5.77. The van der Waals surface area contributed by atoms with Gasteiger partial charge < -0.3 is 4.74 Å². The highest BCUT2D eigenvalue weighted by Gasteiger charge is 2.13. The molecule has 2 nitrogen and oxygen atoms in total. The van der Waals surface area contributed by atoms with Crippen molar-refractivity contribution in [1.29, 1.82) is 0 Å². The molecule has 1 heterocycles.